The van der Waals surface area contributed by atoms with Crippen molar-refractivity contribution in [3.05, 3.63) is 58.4 Å². The predicted octanol–water partition coefficient (Wildman–Crippen LogP) is 6.05. The van der Waals surface area contributed by atoms with Gasteiger partial charge < -0.3 is 4.55 Å². The summed E-state index contributed by atoms with van der Waals surface area (Å²) in [5.41, 5.74) is -0.866. The minimum absolute atomic E-state index is 0. The normalized spacial score (nSPS) is 18.7. The molecule has 0 amide bonds. The van der Waals surface area contributed by atoms with Crippen molar-refractivity contribution in [3.8, 4) is 0 Å². The second-order valence-corrected chi connectivity index (χ2v) is 16.0. The predicted molar refractivity (Wildman–Crippen MR) is 127 cm³/mol. The first-order valence-corrected chi connectivity index (χ1v) is 15.5. The fraction of sp³-hybridized carbons (Fsp3) is 0.542. The molecular formula is C24H35F3O3RuSSi+. The minimum Gasteiger partial charge on any atom is -0.741 e. The van der Waals surface area contributed by atoms with Crippen LogP contribution in [-0.2, 0) is 42.4 Å². The van der Waals surface area contributed by atoms with Crippen LogP contribution in [0.5, 0.6) is 0 Å². The molecule has 1 aromatic rings. The third kappa shape index (κ3) is 8.73. The van der Waals surface area contributed by atoms with Crippen molar-refractivity contribution in [2.24, 2.45) is 0 Å². The van der Waals surface area contributed by atoms with E-state index in [-0.39, 0.29) is 19.5 Å². The molecule has 0 unspecified atom stereocenters. The average molecular weight is 590 g/mol. The van der Waals surface area contributed by atoms with Gasteiger partial charge in [-0.05, 0) is 66.9 Å². The molecule has 3 nitrogen and oxygen atoms in total. The van der Waals surface area contributed by atoms with Crippen LogP contribution in [0.1, 0.15) is 57.7 Å². The third-order valence-corrected chi connectivity index (χ3v) is 9.06. The number of aryl methyl sites for hydroxylation is 3. The van der Waals surface area contributed by atoms with Crippen molar-refractivity contribution in [1.29, 1.82) is 0 Å². The van der Waals surface area contributed by atoms with Crippen molar-refractivity contribution in [2.75, 3.05) is 0 Å². The first kappa shape index (κ1) is 32.8. The van der Waals surface area contributed by atoms with Gasteiger partial charge in [0, 0.05) is 0 Å². The van der Waals surface area contributed by atoms with Gasteiger partial charge in [-0.2, -0.15) is 13.2 Å². The van der Waals surface area contributed by atoms with Crippen molar-refractivity contribution in [2.45, 2.75) is 86.0 Å². The summed E-state index contributed by atoms with van der Waals surface area (Å²) in [5.74, 6) is 7.34. The van der Waals surface area contributed by atoms with E-state index in [1.165, 1.54) is 54.4 Å². The molecule has 0 saturated heterocycles. The molecule has 0 spiro atoms. The minimum atomic E-state index is -6.09. The number of alkyl halides is 3. The van der Waals surface area contributed by atoms with Gasteiger partial charge >= 0.3 is 25.0 Å². The summed E-state index contributed by atoms with van der Waals surface area (Å²) >= 11 is 0. The Morgan fingerprint density at radius 1 is 0.788 bits per heavy atom. The van der Waals surface area contributed by atoms with Crippen LogP contribution >= 0.6 is 0 Å². The molecule has 2 aliphatic carbocycles. The summed E-state index contributed by atoms with van der Waals surface area (Å²) in [6.45, 7) is 20.6. The zero-order chi connectivity index (χ0) is 25.2. The molecule has 2 aliphatic rings. The Bertz CT molecular complexity index is 837. The largest absolute Gasteiger partial charge is 2.00 e. The van der Waals surface area contributed by atoms with Crippen molar-refractivity contribution in [1.82, 2.24) is 0 Å². The van der Waals surface area contributed by atoms with E-state index >= 15 is 0 Å². The van der Waals surface area contributed by atoms with Gasteiger partial charge in [0.05, 0.1) is 8.07 Å². The molecule has 187 valence electrons. The fourth-order valence-corrected chi connectivity index (χ4v) is 5.82. The Morgan fingerprint density at radius 3 is 1.36 bits per heavy atom. The Morgan fingerprint density at radius 2 is 1.09 bits per heavy atom. The SMILES string of the molecule is C[C]1[C](C)[C](C)[C](C)[C]1C.Cc1cc2c(cc1[Si](C)(C)C)CCC2.O=S(=O)([O-])C(F)(F)F.[Ru+2]. The number of fused-ring (bicyclic) bond motifs is 1. The Balaban J connectivity index is 0.000000481. The summed E-state index contributed by atoms with van der Waals surface area (Å²) in [7, 11) is -7.21. The fourth-order valence-electron chi connectivity index (χ4n) is 3.96. The topological polar surface area (TPSA) is 57.2 Å². The van der Waals surface area contributed by atoms with Crippen molar-refractivity contribution < 1.29 is 45.6 Å². The van der Waals surface area contributed by atoms with Gasteiger partial charge in [0.1, 0.15) is 0 Å². The van der Waals surface area contributed by atoms with Gasteiger partial charge in [-0.3, -0.25) is 0 Å². The van der Waals surface area contributed by atoms with Gasteiger partial charge in [0.25, 0.3) is 0 Å². The van der Waals surface area contributed by atoms with Gasteiger partial charge in [-0.25, -0.2) is 8.42 Å². The van der Waals surface area contributed by atoms with Crippen LogP contribution in [0.3, 0.4) is 0 Å². The number of rotatable bonds is 1. The Labute approximate surface area is 212 Å². The van der Waals surface area contributed by atoms with Crippen LogP contribution in [0.25, 0.3) is 0 Å². The van der Waals surface area contributed by atoms with E-state index in [0.29, 0.717) is 0 Å². The molecule has 33 heavy (non-hydrogen) atoms. The molecule has 0 aromatic heterocycles. The number of hydrogen-bond acceptors (Lipinski definition) is 3. The van der Waals surface area contributed by atoms with E-state index in [2.05, 4.69) is 73.3 Å². The molecule has 9 heteroatoms. The molecule has 3 rings (SSSR count). The first-order chi connectivity index (χ1) is 14.3. The van der Waals surface area contributed by atoms with Gasteiger partial charge in [0.15, 0.2) is 10.1 Å². The quantitative estimate of drug-likeness (QED) is 0.228. The van der Waals surface area contributed by atoms with E-state index in [0.717, 1.165) is 0 Å². The van der Waals surface area contributed by atoms with Crippen LogP contribution in [0.15, 0.2) is 12.1 Å². The molecule has 0 bridgehead atoms. The zero-order valence-electron chi connectivity index (χ0n) is 20.9. The van der Waals surface area contributed by atoms with E-state index in [4.69, 9.17) is 13.0 Å². The molecular weight excluding hydrogens is 554 g/mol. The summed E-state index contributed by atoms with van der Waals surface area (Å²) < 4.78 is 58.9. The molecule has 1 aromatic carbocycles. The van der Waals surface area contributed by atoms with Crippen LogP contribution in [0.2, 0.25) is 19.6 Å². The standard InChI is InChI=1S/C13H20Si.C10H15.CHF3O3S.Ru/c1-10-8-11-6-5-7-12(11)9-13(10)14(2,3)4;1-6-7(2)9(4)10(5)8(6)3;2-1(3,4)8(5,6)7;/h8-9H,5-7H2,1-4H3;1-5H3;(H,5,6,7);/q;;;+2/p-1. The van der Waals surface area contributed by atoms with E-state index in [1.54, 1.807) is 16.3 Å². The molecule has 5 radical (unpaired) electrons. The molecule has 0 heterocycles. The van der Waals surface area contributed by atoms with Gasteiger partial charge in [-0.15, -0.1) is 0 Å². The molecule has 1 fully saturated rings. The first-order valence-electron chi connectivity index (χ1n) is 10.6. The smallest absolute Gasteiger partial charge is 0.741 e. The average Bonchev–Trinajstić information content (AvgIpc) is 3.15. The maximum absolute atomic E-state index is 10.7. The number of benzene rings is 1. The Hall–Kier alpha value is -0.240. The van der Waals surface area contributed by atoms with Gasteiger partial charge in [0.2, 0.25) is 0 Å². The Kier molecular flexibility index (Phi) is 12.0. The van der Waals surface area contributed by atoms with E-state index in [1.807, 2.05) is 0 Å². The molecule has 0 atom stereocenters. The van der Waals surface area contributed by atoms with E-state index in [9.17, 15) is 13.2 Å². The summed E-state index contributed by atoms with van der Waals surface area (Å²) in [5, 5.41) is 1.66. The van der Waals surface area contributed by atoms with Crippen LogP contribution in [0, 0.1) is 36.5 Å². The third-order valence-electron chi connectivity index (χ3n) is 6.34. The molecule has 0 N–H and O–H groups in total. The van der Waals surface area contributed by atoms with Crippen molar-refractivity contribution in [3.63, 3.8) is 0 Å². The zero-order valence-corrected chi connectivity index (χ0v) is 24.5. The summed E-state index contributed by atoms with van der Waals surface area (Å²) in [6, 6.07) is 4.94. The maximum atomic E-state index is 10.7. The monoisotopic (exact) mass is 590 g/mol. The van der Waals surface area contributed by atoms with Crippen molar-refractivity contribution >= 4 is 23.4 Å². The second-order valence-electron chi connectivity index (χ2n) is 9.56. The second kappa shape index (κ2) is 12.1. The van der Waals surface area contributed by atoms with E-state index < -0.39 is 23.7 Å². The molecule has 0 aliphatic heterocycles. The number of halogens is 3. The number of hydrogen-bond donors (Lipinski definition) is 0. The van der Waals surface area contributed by atoms with Crippen LogP contribution in [0.4, 0.5) is 13.2 Å². The van der Waals surface area contributed by atoms with Crippen LogP contribution in [-0.4, -0.2) is 26.6 Å². The van der Waals surface area contributed by atoms with Gasteiger partial charge in [-0.1, -0.05) is 77.1 Å². The summed E-state index contributed by atoms with van der Waals surface area (Å²) in [6.07, 6.45) is 3.99. The maximum Gasteiger partial charge on any atom is 2.00 e. The molecule has 1 saturated carbocycles. The summed E-state index contributed by atoms with van der Waals surface area (Å²) in [4.78, 5) is 0. The van der Waals surface area contributed by atoms with Crippen LogP contribution < -0.4 is 5.19 Å².